The summed E-state index contributed by atoms with van der Waals surface area (Å²) in [4.78, 5) is 31.8. The molecule has 2 aliphatic heterocycles. The quantitative estimate of drug-likeness (QED) is 0.842. The van der Waals surface area contributed by atoms with Gasteiger partial charge < -0.3 is 9.80 Å². The molecule has 0 N–H and O–H groups in total. The maximum atomic E-state index is 12.6. The number of rotatable bonds is 3. The van der Waals surface area contributed by atoms with Gasteiger partial charge in [-0.3, -0.25) is 14.5 Å². The summed E-state index contributed by atoms with van der Waals surface area (Å²) in [7, 11) is 1.81. The third-order valence-corrected chi connectivity index (χ3v) is 5.51. The highest BCUT2D eigenvalue weighted by atomic mass is 32.1. The summed E-state index contributed by atoms with van der Waals surface area (Å²) in [5.74, 6) is 0.172. The molecule has 1 aromatic rings. The molecule has 2 saturated heterocycles. The van der Waals surface area contributed by atoms with Crippen LogP contribution in [0.3, 0.4) is 0 Å². The summed E-state index contributed by atoms with van der Waals surface area (Å²) in [6, 6.07) is 4.24. The van der Waals surface area contributed by atoms with Crippen molar-refractivity contribution in [3.63, 3.8) is 0 Å². The van der Waals surface area contributed by atoms with Gasteiger partial charge in [-0.2, -0.15) is 0 Å². The molecule has 2 fully saturated rings. The predicted octanol–water partition coefficient (Wildman–Crippen LogP) is 1.26. The molecule has 0 spiro atoms. The molecule has 0 bridgehead atoms. The molecule has 2 amide bonds. The molecule has 0 radical (unpaired) electrons. The largest absolute Gasteiger partial charge is 0.346 e. The standard InChI is InChI=1S/C16H23N3O2S/c1-17-5-4-13(11-15(17)20)16(21)19-8-6-18(7-9-19)12-14-3-2-10-22-14/h2-3,10,13H,4-9,11-12H2,1H3. The van der Waals surface area contributed by atoms with Gasteiger partial charge in [0.15, 0.2) is 0 Å². The van der Waals surface area contributed by atoms with E-state index >= 15 is 0 Å². The number of carbonyl (C=O) groups is 2. The molecule has 3 rings (SSSR count). The highest BCUT2D eigenvalue weighted by Gasteiger charge is 2.32. The first-order chi connectivity index (χ1) is 10.6. The third-order valence-electron chi connectivity index (χ3n) is 4.65. The van der Waals surface area contributed by atoms with E-state index in [-0.39, 0.29) is 17.7 Å². The van der Waals surface area contributed by atoms with Crippen molar-refractivity contribution in [2.75, 3.05) is 39.8 Å². The number of hydrogen-bond acceptors (Lipinski definition) is 4. The van der Waals surface area contributed by atoms with Gasteiger partial charge >= 0.3 is 0 Å². The molecule has 0 aromatic carbocycles. The van der Waals surface area contributed by atoms with Crippen LogP contribution in [-0.2, 0) is 16.1 Å². The molecule has 0 saturated carbocycles. The molecule has 1 unspecified atom stereocenters. The van der Waals surface area contributed by atoms with Gasteiger partial charge in [0.1, 0.15) is 0 Å². The van der Waals surface area contributed by atoms with Gasteiger partial charge in [-0.1, -0.05) is 6.07 Å². The summed E-state index contributed by atoms with van der Waals surface area (Å²) in [6.45, 7) is 5.09. The highest BCUT2D eigenvalue weighted by molar-refractivity contribution is 7.09. The van der Waals surface area contributed by atoms with Crippen molar-refractivity contribution in [3.8, 4) is 0 Å². The van der Waals surface area contributed by atoms with Gasteiger partial charge in [0.2, 0.25) is 11.8 Å². The number of piperazine rings is 1. The van der Waals surface area contributed by atoms with Gasteiger partial charge in [-0.15, -0.1) is 11.3 Å². The molecule has 120 valence electrons. The lowest BCUT2D eigenvalue weighted by Crippen LogP contribution is -2.51. The highest BCUT2D eigenvalue weighted by Crippen LogP contribution is 2.21. The van der Waals surface area contributed by atoms with Gasteiger partial charge in [-0.05, 0) is 17.9 Å². The zero-order valence-electron chi connectivity index (χ0n) is 13.0. The average Bonchev–Trinajstić information content (AvgIpc) is 3.03. The van der Waals surface area contributed by atoms with Crippen LogP contribution in [0.5, 0.6) is 0 Å². The van der Waals surface area contributed by atoms with Crippen LogP contribution >= 0.6 is 11.3 Å². The number of likely N-dealkylation sites (tertiary alicyclic amines) is 1. The van der Waals surface area contributed by atoms with Crippen molar-refractivity contribution in [1.82, 2.24) is 14.7 Å². The van der Waals surface area contributed by atoms with Crippen LogP contribution in [0.1, 0.15) is 17.7 Å². The molecule has 1 atom stereocenters. The third kappa shape index (κ3) is 3.50. The van der Waals surface area contributed by atoms with E-state index in [0.29, 0.717) is 13.0 Å². The first kappa shape index (κ1) is 15.5. The fourth-order valence-electron chi connectivity index (χ4n) is 3.16. The number of nitrogens with zero attached hydrogens (tertiary/aromatic N) is 3. The Morgan fingerprint density at radius 3 is 2.68 bits per heavy atom. The Bertz CT molecular complexity index is 524. The number of thiophene rings is 1. The minimum atomic E-state index is -0.104. The maximum absolute atomic E-state index is 12.6. The Hall–Kier alpha value is -1.40. The summed E-state index contributed by atoms with van der Waals surface area (Å²) in [6.07, 6.45) is 1.18. The lowest BCUT2D eigenvalue weighted by atomic mass is 9.94. The summed E-state index contributed by atoms with van der Waals surface area (Å²) >= 11 is 1.78. The van der Waals surface area contributed by atoms with Gasteiger partial charge in [0.25, 0.3) is 0 Å². The van der Waals surface area contributed by atoms with E-state index < -0.39 is 0 Å². The lowest BCUT2D eigenvalue weighted by molar-refractivity contribution is -0.145. The summed E-state index contributed by atoms with van der Waals surface area (Å²) < 4.78 is 0. The average molecular weight is 321 g/mol. The zero-order valence-corrected chi connectivity index (χ0v) is 13.8. The molecule has 6 heteroatoms. The second-order valence-electron chi connectivity index (χ2n) is 6.19. The van der Waals surface area contributed by atoms with E-state index in [0.717, 1.165) is 39.1 Å². The Kier molecular flexibility index (Phi) is 4.78. The second-order valence-corrected chi connectivity index (χ2v) is 7.22. The first-order valence-electron chi connectivity index (χ1n) is 7.91. The fraction of sp³-hybridized carbons (Fsp3) is 0.625. The molecule has 3 heterocycles. The van der Waals surface area contributed by atoms with Crippen LogP contribution in [0.15, 0.2) is 17.5 Å². The molecular weight excluding hydrogens is 298 g/mol. The molecule has 2 aliphatic rings. The first-order valence-corrected chi connectivity index (χ1v) is 8.79. The van der Waals surface area contributed by atoms with Gasteiger partial charge in [-0.25, -0.2) is 0 Å². The molecule has 1 aromatic heterocycles. The maximum Gasteiger partial charge on any atom is 0.226 e. The molecular formula is C16H23N3O2S. The summed E-state index contributed by atoms with van der Waals surface area (Å²) in [5.41, 5.74) is 0. The van der Waals surface area contributed by atoms with E-state index in [2.05, 4.69) is 22.4 Å². The van der Waals surface area contributed by atoms with Crippen LogP contribution in [0, 0.1) is 5.92 Å². The molecule has 22 heavy (non-hydrogen) atoms. The number of hydrogen-bond donors (Lipinski definition) is 0. The van der Waals surface area contributed by atoms with Crippen LogP contribution in [-0.4, -0.2) is 66.3 Å². The van der Waals surface area contributed by atoms with E-state index in [1.54, 1.807) is 16.2 Å². The number of amides is 2. The monoisotopic (exact) mass is 321 g/mol. The SMILES string of the molecule is CN1CCC(C(=O)N2CCN(Cc3cccs3)CC2)CC1=O. The van der Waals surface area contributed by atoms with Crippen molar-refractivity contribution in [1.29, 1.82) is 0 Å². The van der Waals surface area contributed by atoms with Crippen molar-refractivity contribution >= 4 is 23.2 Å². The normalized spacial score (nSPS) is 23.9. The van der Waals surface area contributed by atoms with Crippen molar-refractivity contribution in [2.45, 2.75) is 19.4 Å². The minimum absolute atomic E-state index is 0.0981. The van der Waals surface area contributed by atoms with Crippen molar-refractivity contribution < 1.29 is 9.59 Å². The van der Waals surface area contributed by atoms with Crippen LogP contribution in [0.25, 0.3) is 0 Å². The molecule has 5 nitrogen and oxygen atoms in total. The van der Waals surface area contributed by atoms with Crippen LogP contribution in [0.2, 0.25) is 0 Å². The van der Waals surface area contributed by atoms with Crippen molar-refractivity contribution in [2.24, 2.45) is 5.92 Å². The second kappa shape index (κ2) is 6.79. The topological polar surface area (TPSA) is 43.9 Å². The van der Waals surface area contributed by atoms with Gasteiger partial charge in [0, 0.05) is 63.5 Å². The fourth-order valence-corrected chi connectivity index (χ4v) is 3.91. The van der Waals surface area contributed by atoms with Crippen LogP contribution in [0.4, 0.5) is 0 Å². The van der Waals surface area contributed by atoms with Crippen LogP contribution < -0.4 is 0 Å². The number of piperidine rings is 1. The lowest BCUT2D eigenvalue weighted by Gasteiger charge is -2.37. The van der Waals surface area contributed by atoms with E-state index in [4.69, 9.17) is 0 Å². The summed E-state index contributed by atoms with van der Waals surface area (Å²) in [5, 5.41) is 2.10. The van der Waals surface area contributed by atoms with Gasteiger partial charge in [0.05, 0.1) is 0 Å². The predicted molar refractivity (Wildman–Crippen MR) is 86.5 cm³/mol. The Labute approximate surface area is 135 Å². The van der Waals surface area contributed by atoms with E-state index in [9.17, 15) is 9.59 Å². The Morgan fingerprint density at radius 2 is 2.05 bits per heavy atom. The zero-order chi connectivity index (χ0) is 15.5. The minimum Gasteiger partial charge on any atom is -0.346 e. The van der Waals surface area contributed by atoms with Crippen molar-refractivity contribution in [3.05, 3.63) is 22.4 Å². The number of carbonyl (C=O) groups excluding carboxylic acids is 2. The van der Waals surface area contributed by atoms with E-state index in [1.807, 2.05) is 11.9 Å². The molecule has 0 aliphatic carbocycles. The Balaban J connectivity index is 1.48. The smallest absolute Gasteiger partial charge is 0.226 e. The Morgan fingerprint density at radius 1 is 1.27 bits per heavy atom. The van der Waals surface area contributed by atoms with E-state index in [1.165, 1.54) is 4.88 Å².